The van der Waals surface area contributed by atoms with Gasteiger partial charge in [0.2, 0.25) is 0 Å². The SMILES string of the molecule is O=S(=O)([O-])c1cc(Cl)ccc1Cl. The van der Waals surface area contributed by atoms with E-state index in [-0.39, 0.29) is 10.0 Å². The van der Waals surface area contributed by atoms with E-state index >= 15 is 0 Å². The van der Waals surface area contributed by atoms with Crippen molar-refractivity contribution < 1.29 is 13.0 Å². The van der Waals surface area contributed by atoms with Crippen LogP contribution in [-0.4, -0.2) is 13.0 Å². The van der Waals surface area contributed by atoms with Gasteiger partial charge in [0.05, 0.1) is 9.92 Å². The Balaban J connectivity index is 3.43. The van der Waals surface area contributed by atoms with Crippen LogP contribution in [0.4, 0.5) is 0 Å². The molecule has 66 valence electrons. The van der Waals surface area contributed by atoms with Crippen molar-refractivity contribution in [1.29, 1.82) is 0 Å². The van der Waals surface area contributed by atoms with Crippen LogP contribution in [0.5, 0.6) is 0 Å². The topological polar surface area (TPSA) is 57.2 Å². The standard InChI is InChI=1S/C6H4Cl2O3S/c7-4-1-2-5(8)6(3-4)12(9,10)11/h1-3H,(H,9,10,11)/p-1. The molecule has 0 radical (unpaired) electrons. The largest absolute Gasteiger partial charge is 0.744 e. The van der Waals surface area contributed by atoms with Crippen molar-refractivity contribution in [3.63, 3.8) is 0 Å². The molecule has 0 aliphatic heterocycles. The number of hydrogen-bond donors (Lipinski definition) is 0. The molecule has 0 amide bonds. The summed E-state index contributed by atoms with van der Waals surface area (Å²) in [6.45, 7) is 0. The first-order valence-corrected chi connectivity index (χ1v) is 4.98. The summed E-state index contributed by atoms with van der Waals surface area (Å²) in [7, 11) is -4.52. The van der Waals surface area contributed by atoms with Crippen molar-refractivity contribution in [3.05, 3.63) is 28.2 Å². The fourth-order valence-electron chi connectivity index (χ4n) is 0.669. The highest BCUT2D eigenvalue weighted by atomic mass is 35.5. The molecule has 0 aromatic heterocycles. The Morgan fingerprint density at radius 2 is 1.83 bits per heavy atom. The minimum absolute atomic E-state index is 0.116. The summed E-state index contributed by atoms with van der Waals surface area (Å²) in [6.07, 6.45) is 0. The van der Waals surface area contributed by atoms with Crippen LogP contribution in [0.3, 0.4) is 0 Å². The van der Waals surface area contributed by atoms with Gasteiger partial charge in [-0.25, -0.2) is 8.42 Å². The predicted octanol–water partition coefficient (Wildman–Crippen LogP) is 1.90. The van der Waals surface area contributed by atoms with Crippen LogP contribution in [0.15, 0.2) is 23.1 Å². The Bertz CT molecular complexity index is 399. The van der Waals surface area contributed by atoms with E-state index < -0.39 is 15.0 Å². The molecule has 1 aromatic rings. The Labute approximate surface area is 79.7 Å². The molecule has 6 heteroatoms. The highest BCUT2D eigenvalue weighted by molar-refractivity contribution is 7.85. The summed E-state index contributed by atoms with van der Waals surface area (Å²) in [4.78, 5) is -0.489. The molecule has 3 nitrogen and oxygen atoms in total. The van der Waals surface area contributed by atoms with Crippen LogP contribution >= 0.6 is 23.2 Å². The zero-order chi connectivity index (χ0) is 9.35. The first-order chi connectivity index (χ1) is 5.41. The average Bonchev–Trinajstić information content (AvgIpc) is 1.92. The van der Waals surface area contributed by atoms with Crippen LogP contribution in [0.2, 0.25) is 10.0 Å². The highest BCUT2D eigenvalue weighted by Gasteiger charge is 2.07. The molecule has 0 aliphatic carbocycles. The van der Waals surface area contributed by atoms with Crippen molar-refractivity contribution in [2.45, 2.75) is 4.90 Å². The Morgan fingerprint density at radius 3 is 2.25 bits per heavy atom. The normalized spacial score (nSPS) is 11.6. The highest BCUT2D eigenvalue weighted by Crippen LogP contribution is 2.24. The van der Waals surface area contributed by atoms with Crippen LogP contribution < -0.4 is 0 Å². The van der Waals surface area contributed by atoms with Gasteiger partial charge in [0.1, 0.15) is 10.1 Å². The van der Waals surface area contributed by atoms with Crippen LogP contribution in [0, 0.1) is 0 Å². The van der Waals surface area contributed by atoms with E-state index in [1.54, 1.807) is 0 Å². The van der Waals surface area contributed by atoms with E-state index in [4.69, 9.17) is 23.2 Å². The van der Waals surface area contributed by atoms with E-state index in [0.717, 1.165) is 6.07 Å². The van der Waals surface area contributed by atoms with Gasteiger partial charge >= 0.3 is 0 Å². The summed E-state index contributed by atoms with van der Waals surface area (Å²) in [6, 6.07) is 3.68. The van der Waals surface area contributed by atoms with Gasteiger partial charge in [-0.15, -0.1) is 0 Å². The number of benzene rings is 1. The third-order valence-electron chi connectivity index (χ3n) is 1.16. The fraction of sp³-hybridized carbons (Fsp3) is 0. The van der Waals surface area contributed by atoms with Gasteiger partial charge in [0, 0.05) is 5.02 Å². The molecule has 1 aromatic carbocycles. The summed E-state index contributed by atoms with van der Waals surface area (Å²) < 4.78 is 31.5. The van der Waals surface area contributed by atoms with E-state index in [1.807, 2.05) is 0 Å². The minimum Gasteiger partial charge on any atom is -0.744 e. The number of halogens is 2. The zero-order valence-electron chi connectivity index (χ0n) is 5.62. The van der Waals surface area contributed by atoms with E-state index in [2.05, 4.69) is 0 Å². The lowest BCUT2D eigenvalue weighted by Gasteiger charge is -2.08. The molecule has 0 saturated heterocycles. The average molecular weight is 226 g/mol. The van der Waals surface area contributed by atoms with Crippen molar-refractivity contribution in [3.8, 4) is 0 Å². The minimum atomic E-state index is -4.52. The maximum Gasteiger partial charge on any atom is 0.125 e. The molecule has 0 spiro atoms. The zero-order valence-corrected chi connectivity index (χ0v) is 7.95. The second-order valence-corrected chi connectivity index (χ2v) is 4.22. The van der Waals surface area contributed by atoms with E-state index in [1.165, 1.54) is 12.1 Å². The van der Waals surface area contributed by atoms with Gasteiger partial charge in [-0.2, -0.15) is 0 Å². The quantitative estimate of drug-likeness (QED) is 0.687. The smallest absolute Gasteiger partial charge is 0.125 e. The molecule has 1 rings (SSSR count). The Morgan fingerprint density at radius 1 is 1.25 bits per heavy atom. The summed E-state index contributed by atoms with van der Waals surface area (Å²) in [5.74, 6) is 0. The van der Waals surface area contributed by atoms with Crippen molar-refractivity contribution in [1.82, 2.24) is 0 Å². The Hall–Kier alpha value is -0.290. The second kappa shape index (κ2) is 3.22. The molecule has 0 unspecified atom stereocenters. The van der Waals surface area contributed by atoms with Crippen LogP contribution in [-0.2, 0) is 10.1 Å². The van der Waals surface area contributed by atoms with Gasteiger partial charge < -0.3 is 4.55 Å². The van der Waals surface area contributed by atoms with Crippen molar-refractivity contribution in [2.24, 2.45) is 0 Å². The van der Waals surface area contributed by atoms with Gasteiger partial charge in [-0.3, -0.25) is 0 Å². The number of rotatable bonds is 1. The number of hydrogen-bond acceptors (Lipinski definition) is 3. The summed E-state index contributed by atoms with van der Waals surface area (Å²) in [5, 5.41) is 0.0447. The molecule has 0 bridgehead atoms. The first-order valence-electron chi connectivity index (χ1n) is 2.82. The molecule has 0 aliphatic rings. The lowest BCUT2D eigenvalue weighted by atomic mass is 10.4. The van der Waals surface area contributed by atoms with E-state index in [9.17, 15) is 13.0 Å². The molecule has 0 fully saturated rings. The maximum absolute atomic E-state index is 10.5. The van der Waals surface area contributed by atoms with Crippen molar-refractivity contribution >= 4 is 33.3 Å². The molecule has 0 saturated carbocycles. The van der Waals surface area contributed by atoms with Gasteiger partial charge in [-0.1, -0.05) is 23.2 Å². The van der Waals surface area contributed by atoms with Crippen molar-refractivity contribution in [2.75, 3.05) is 0 Å². The fourth-order valence-corrected chi connectivity index (χ4v) is 1.88. The first kappa shape index (κ1) is 9.80. The van der Waals surface area contributed by atoms with Crippen LogP contribution in [0.25, 0.3) is 0 Å². The van der Waals surface area contributed by atoms with E-state index in [0.29, 0.717) is 0 Å². The second-order valence-electron chi connectivity index (χ2n) is 2.03. The predicted molar refractivity (Wildman–Crippen MR) is 44.4 cm³/mol. The third kappa shape index (κ3) is 2.10. The molecular formula is C6H3Cl2O3S-. The maximum atomic E-state index is 10.5. The lowest BCUT2D eigenvalue weighted by Crippen LogP contribution is -1.99. The molecule has 0 atom stereocenters. The Kier molecular flexibility index (Phi) is 2.63. The summed E-state index contributed by atoms with van der Waals surface area (Å²) >= 11 is 10.9. The van der Waals surface area contributed by atoms with Gasteiger partial charge in [0.25, 0.3) is 0 Å². The van der Waals surface area contributed by atoms with Crippen LogP contribution in [0.1, 0.15) is 0 Å². The summed E-state index contributed by atoms with van der Waals surface area (Å²) in [5.41, 5.74) is 0. The lowest BCUT2D eigenvalue weighted by molar-refractivity contribution is 0.463. The molecule has 0 N–H and O–H groups in total. The molecule has 12 heavy (non-hydrogen) atoms. The van der Waals surface area contributed by atoms with Gasteiger partial charge in [-0.05, 0) is 18.2 Å². The molecule has 0 heterocycles. The monoisotopic (exact) mass is 225 g/mol. The van der Waals surface area contributed by atoms with Gasteiger partial charge in [0.15, 0.2) is 0 Å². The molecular weight excluding hydrogens is 223 g/mol. The third-order valence-corrected chi connectivity index (χ3v) is 2.72.